The fraction of sp³-hybridized carbons (Fsp3) is 0.385. The second kappa shape index (κ2) is 5.97. The summed E-state index contributed by atoms with van der Waals surface area (Å²) in [6, 6.07) is 8.36. The Kier molecular flexibility index (Phi) is 4.49. The van der Waals surface area contributed by atoms with Crippen molar-refractivity contribution in [3.05, 3.63) is 41.2 Å². The Bertz CT molecular complexity index is 691. The van der Waals surface area contributed by atoms with Crippen molar-refractivity contribution in [2.24, 2.45) is 7.05 Å². The van der Waals surface area contributed by atoms with Crippen molar-refractivity contribution in [3.63, 3.8) is 0 Å². The lowest BCUT2D eigenvalue weighted by molar-refractivity contribution is 0.583. The van der Waals surface area contributed by atoms with Crippen LogP contribution in [0, 0.1) is 6.92 Å². The smallest absolute Gasteiger partial charge is 0.249 e. The second-order valence-electron chi connectivity index (χ2n) is 4.71. The highest BCUT2D eigenvalue weighted by molar-refractivity contribution is 7.97. The van der Waals surface area contributed by atoms with E-state index in [2.05, 4.69) is 41.4 Å². The van der Waals surface area contributed by atoms with E-state index < -0.39 is 9.84 Å². The van der Waals surface area contributed by atoms with Crippen LogP contribution < -0.4 is 0 Å². The monoisotopic (exact) mass is 311 g/mol. The average molecular weight is 311 g/mol. The van der Waals surface area contributed by atoms with Gasteiger partial charge in [-0.25, -0.2) is 8.42 Å². The van der Waals surface area contributed by atoms with Crippen LogP contribution in [0.2, 0.25) is 0 Å². The lowest BCUT2D eigenvalue weighted by Crippen LogP contribution is -2.07. The molecule has 0 aliphatic heterocycles. The molecule has 0 fully saturated rings. The van der Waals surface area contributed by atoms with Gasteiger partial charge in [0, 0.05) is 19.1 Å². The standard InChI is InChI=1S/C13H17N3O2S2/c1-10-4-6-11(7-5-10)8-19-9-12-14-15-13(16(12)2)20(3,17)18/h4-7H,8-9H2,1-3H3. The molecule has 2 rings (SSSR count). The van der Waals surface area contributed by atoms with Gasteiger partial charge in [0.05, 0.1) is 5.75 Å². The van der Waals surface area contributed by atoms with E-state index in [1.807, 2.05) is 0 Å². The molecule has 1 aromatic carbocycles. The Labute approximate surface area is 123 Å². The first-order valence-corrected chi connectivity index (χ1v) is 9.14. The number of nitrogens with zero attached hydrogens (tertiary/aromatic N) is 3. The van der Waals surface area contributed by atoms with Gasteiger partial charge in [0.15, 0.2) is 0 Å². The minimum atomic E-state index is -3.31. The van der Waals surface area contributed by atoms with Gasteiger partial charge in [0.25, 0.3) is 0 Å². The van der Waals surface area contributed by atoms with Crippen LogP contribution in [0.15, 0.2) is 29.4 Å². The van der Waals surface area contributed by atoms with Crippen LogP contribution in [0.25, 0.3) is 0 Å². The Balaban J connectivity index is 1.98. The van der Waals surface area contributed by atoms with E-state index in [0.29, 0.717) is 11.6 Å². The summed E-state index contributed by atoms with van der Waals surface area (Å²) >= 11 is 1.69. The van der Waals surface area contributed by atoms with Crippen molar-refractivity contribution >= 4 is 21.6 Å². The number of hydrogen-bond acceptors (Lipinski definition) is 5. The van der Waals surface area contributed by atoms with Gasteiger partial charge in [0.1, 0.15) is 5.82 Å². The molecule has 0 radical (unpaired) electrons. The van der Waals surface area contributed by atoms with Gasteiger partial charge < -0.3 is 4.57 Å². The van der Waals surface area contributed by atoms with Crippen LogP contribution in [-0.2, 0) is 28.4 Å². The third kappa shape index (κ3) is 3.61. The molecule has 1 aromatic heterocycles. The van der Waals surface area contributed by atoms with Crippen LogP contribution in [0.1, 0.15) is 17.0 Å². The van der Waals surface area contributed by atoms with E-state index >= 15 is 0 Å². The Morgan fingerprint density at radius 2 is 1.80 bits per heavy atom. The molecule has 2 aromatic rings. The number of sulfone groups is 1. The van der Waals surface area contributed by atoms with E-state index in [0.717, 1.165) is 12.0 Å². The number of hydrogen-bond donors (Lipinski definition) is 0. The molecule has 20 heavy (non-hydrogen) atoms. The topological polar surface area (TPSA) is 64.8 Å². The fourth-order valence-electron chi connectivity index (χ4n) is 1.74. The summed E-state index contributed by atoms with van der Waals surface area (Å²) in [5.41, 5.74) is 2.48. The molecule has 0 saturated carbocycles. The van der Waals surface area contributed by atoms with Gasteiger partial charge >= 0.3 is 0 Å². The van der Waals surface area contributed by atoms with Crippen LogP contribution in [0.5, 0.6) is 0 Å². The highest BCUT2D eigenvalue weighted by Crippen LogP contribution is 2.18. The molecule has 5 nitrogen and oxygen atoms in total. The minimum Gasteiger partial charge on any atom is -0.304 e. The molecule has 108 valence electrons. The number of aromatic nitrogens is 3. The zero-order valence-electron chi connectivity index (χ0n) is 11.7. The van der Waals surface area contributed by atoms with E-state index in [1.165, 1.54) is 15.7 Å². The van der Waals surface area contributed by atoms with Crippen LogP contribution in [0.3, 0.4) is 0 Å². The maximum Gasteiger partial charge on any atom is 0.249 e. The molecule has 0 saturated heterocycles. The number of aryl methyl sites for hydroxylation is 1. The first-order valence-electron chi connectivity index (χ1n) is 6.09. The lowest BCUT2D eigenvalue weighted by Gasteiger charge is -2.03. The molecule has 7 heteroatoms. The molecule has 0 N–H and O–H groups in total. The minimum absolute atomic E-state index is 0.0171. The first-order chi connectivity index (χ1) is 9.38. The van der Waals surface area contributed by atoms with Crippen molar-refractivity contribution in [2.45, 2.75) is 23.6 Å². The quantitative estimate of drug-likeness (QED) is 0.844. The normalized spacial score (nSPS) is 11.8. The molecule has 0 spiro atoms. The number of rotatable bonds is 5. The van der Waals surface area contributed by atoms with Crippen LogP contribution in [0.4, 0.5) is 0 Å². The average Bonchev–Trinajstić information content (AvgIpc) is 2.73. The summed E-state index contributed by atoms with van der Waals surface area (Å²) in [6.07, 6.45) is 1.14. The lowest BCUT2D eigenvalue weighted by atomic mass is 10.2. The second-order valence-corrected chi connectivity index (χ2v) is 7.60. The van der Waals surface area contributed by atoms with Crippen molar-refractivity contribution in [3.8, 4) is 0 Å². The van der Waals surface area contributed by atoms with E-state index in [4.69, 9.17) is 0 Å². The van der Waals surface area contributed by atoms with Crippen molar-refractivity contribution in [2.75, 3.05) is 6.26 Å². The summed E-state index contributed by atoms with van der Waals surface area (Å²) < 4.78 is 24.5. The zero-order valence-corrected chi connectivity index (χ0v) is 13.3. The van der Waals surface area contributed by atoms with E-state index in [9.17, 15) is 8.42 Å². The van der Waals surface area contributed by atoms with Gasteiger partial charge in [-0.1, -0.05) is 29.8 Å². The molecular formula is C13H17N3O2S2. The highest BCUT2D eigenvalue weighted by atomic mass is 32.2. The summed E-state index contributed by atoms with van der Waals surface area (Å²) in [6.45, 7) is 2.06. The predicted octanol–water partition coefficient (Wildman–Crippen LogP) is 1.96. The largest absolute Gasteiger partial charge is 0.304 e. The SMILES string of the molecule is Cc1ccc(CSCc2nnc(S(C)(=O)=O)n2C)cc1. The third-order valence-corrected chi connectivity index (χ3v) is 4.90. The van der Waals surface area contributed by atoms with Crippen LogP contribution in [-0.4, -0.2) is 29.4 Å². The van der Waals surface area contributed by atoms with Gasteiger partial charge in [-0.3, -0.25) is 0 Å². The molecule has 0 bridgehead atoms. The highest BCUT2D eigenvalue weighted by Gasteiger charge is 2.17. The Morgan fingerprint density at radius 3 is 2.35 bits per heavy atom. The molecule has 0 aliphatic rings. The first kappa shape index (κ1) is 15.1. The maximum atomic E-state index is 11.5. The van der Waals surface area contributed by atoms with Crippen LogP contribution >= 0.6 is 11.8 Å². The third-order valence-electron chi connectivity index (χ3n) is 2.88. The summed E-state index contributed by atoms with van der Waals surface area (Å²) in [5, 5.41) is 7.69. The molecular weight excluding hydrogens is 294 g/mol. The summed E-state index contributed by atoms with van der Waals surface area (Å²) in [5.74, 6) is 2.16. The number of thioether (sulfide) groups is 1. The van der Waals surface area contributed by atoms with E-state index in [1.54, 1.807) is 18.8 Å². The maximum absolute atomic E-state index is 11.5. The van der Waals surface area contributed by atoms with Crippen molar-refractivity contribution < 1.29 is 8.42 Å². The molecule has 0 atom stereocenters. The molecule has 0 amide bonds. The summed E-state index contributed by atoms with van der Waals surface area (Å²) in [7, 11) is -1.64. The van der Waals surface area contributed by atoms with Gasteiger partial charge in [0.2, 0.25) is 15.0 Å². The van der Waals surface area contributed by atoms with Gasteiger partial charge in [-0.05, 0) is 12.5 Å². The number of benzene rings is 1. The Morgan fingerprint density at radius 1 is 1.15 bits per heavy atom. The fourth-order valence-corrected chi connectivity index (χ4v) is 3.49. The predicted molar refractivity (Wildman–Crippen MR) is 80.3 cm³/mol. The van der Waals surface area contributed by atoms with Gasteiger partial charge in [-0.15, -0.1) is 22.0 Å². The molecule has 1 heterocycles. The molecule has 0 unspecified atom stereocenters. The zero-order chi connectivity index (χ0) is 14.8. The van der Waals surface area contributed by atoms with Crippen molar-refractivity contribution in [1.82, 2.24) is 14.8 Å². The van der Waals surface area contributed by atoms with Gasteiger partial charge in [-0.2, -0.15) is 0 Å². The van der Waals surface area contributed by atoms with E-state index in [-0.39, 0.29) is 5.16 Å². The van der Waals surface area contributed by atoms with Crippen molar-refractivity contribution in [1.29, 1.82) is 0 Å². The molecule has 0 aliphatic carbocycles. The summed E-state index contributed by atoms with van der Waals surface area (Å²) in [4.78, 5) is 0. The Hall–Kier alpha value is -1.34.